The lowest BCUT2D eigenvalue weighted by Crippen LogP contribution is -2.40. The molecule has 4 N–H and O–H groups in total. The number of anilines is 1. The molecule has 2 aromatic rings. The lowest BCUT2D eigenvalue weighted by molar-refractivity contribution is -0.121. The minimum atomic E-state index is -1.34. The number of carboxylic acid groups (broad SMARTS) is 1. The number of aliphatic hydroxyl groups is 2. The molecule has 13 heteroatoms. The molecule has 2 amide bonds. The summed E-state index contributed by atoms with van der Waals surface area (Å²) in [6.07, 6.45) is -0.0979. The molecule has 3 unspecified atom stereocenters. The Hall–Kier alpha value is -4.17. The number of aromatic amines is 1. The van der Waals surface area contributed by atoms with Crippen LogP contribution in [-0.2, 0) is 19.1 Å². The minimum Gasteiger partial charge on any atom is -0.478 e. The number of amides is 2. The SMILES string of the molecule is CC1C=CC(COC2[C@@H](O)[C@@H](CO)O[C@H]2n2ccc(=O)[nH]c2=O)C2=C1C(=O)N(c1ccc(C(=O)O)cc1)C2=O. The Morgan fingerprint density at radius 2 is 1.74 bits per heavy atom. The summed E-state index contributed by atoms with van der Waals surface area (Å²) >= 11 is 0. The van der Waals surface area contributed by atoms with Gasteiger partial charge in [-0.15, -0.1) is 0 Å². The highest BCUT2D eigenvalue weighted by atomic mass is 16.6. The second-order valence-electron chi connectivity index (χ2n) is 9.46. The number of aromatic carboxylic acids is 1. The van der Waals surface area contributed by atoms with Gasteiger partial charge in [-0.1, -0.05) is 19.1 Å². The molecule has 1 saturated heterocycles. The van der Waals surface area contributed by atoms with Crippen LogP contribution in [0.5, 0.6) is 0 Å². The third-order valence-electron chi connectivity index (χ3n) is 7.07. The fraction of sp³-hybridized carbons (Fsp3) is 0.346. The number of carbonyl (C=O) groups excluding carboxylic acids is 2. The maximum atomic E-state index is 13.5. The van der Waals surface area contributed by atoms with Gasteiger partial charge in [0.25, 0.3) is 17.4 Å². The molecule has 0 saturated carbocycles. The summed E-state index contributed by atoms with van der Waals surface area (Å²) in [5, 5.41) is 29.5. The third kappa shape index (κ3) is 4.55. The number of aromatic nitrogens is 2. The van der Waals surface area contributed by atoms with E-state index < -0.39 is 66.1 Å². The number of benzene rings is 1. The van der Waals surface area contributed by atoms with E-state index in [-0.39, 0.29) is 34.9 Å². The van der Waals surface area contributed by atoms with Crippen molar-refractivity contribution in [2.75, 3.05) is 18.1 Å². The van der Waals surface area contributed by atoms with E-state index in [1.807, 2.05) is 0 Å². The summed E-state index contributed by atoms with van der Waals surface area (Å²) in [4.78, 5) is 65.0. The molecule has 1 aromatic heterocycles. The first-order chi connectivity index (χ1) is 18.6. The number of ether oxygens (including phenoxy) is 2. The van der Waals surface area contributed by atoms with Crippen molar-refractivity contribution < 1.29 is 39.2 Å². The molecular formula is C26H25N3O10. The van der Waals surface area contributed by atoms with Crippen molar-refractivity contribution >= 4 is 23.5 Å². The molecule has 13 nitrogen and oxygen atoms in total. The van der Waals surface area contributed by atoms with Gasteiger partial charge >= 0.3 is 11.7 Å². The molecule has 3 aliphatic rings. The Morgan fingerprint density at radius 3 is 2.38 bits per heavy atom. The number of nitrogens with zero attached hydrogens (tertiary/aromatic N) is 2. The van der Waals surface area contributed by atoms with Crippen LogP contribution in [0.1, 0.15) is 23.5 Å². The lowest BCUT2D eigenvalue weighted by atomic mass is 9.84. The minimum absolute atomic E-state index is 0.00607. The maximum Gasteiger partial charge on any atom is 0.335 e. The van der Waals surface area contributed by atoms with E-state index in [1.165, 1.54) is 30.5 Å². The van der Waals surface area contributed by atoms with E-state index in [0.29, 0.717) is 0 Å². The van der Waals surface area contributed by atoms with Gasteiger partial charge < -0.3 is 24.8 Å². The Bertz CT molecular complexity index is 1500. The Balaban J connectivity index is 1.40. The topological polar surface area (TPSA) is 188 Å². The zero-order valence-corrected chi connectivity index (χ0v) is 20.6. The van der Waals surface area contributed by atoms with Gasteiger partial charge in [0.05, 0.1) is 24.5 Å². The predicted molar refractivity (Wildman–Crippen MR) is 133 cm³/mol. The molecular weight excluding hydrogens is 514 g/mol. The highest BCUT2D eigenvalue weighted by molar-refractivity contribution is 6.33. The summed E-state index contributed by atoms with van der Waals surface area (Å²) in [6, 6.07) is 6.47. The number of carboxylic acids is 1. The van der Waals surface area contributed by atoms with Gasteiger partial charge in [-0.25, -0.2) is 14.5 Å². The van der Waals surface area contributed by atoms with Crippen LogP contribution >= 0.6 is 0 Å². The van der Waals surface area contributed by atoms with Gasteiger partial charge in [0.15, 0.2) is 6.23 Å². The number of allylic oxidation sites excluding steroid dienone is 1. The molecule has 2 aliphatic heterocycles. The molecule has 39 heavy (non-hydrogen) atoms. The fourth-order valence-electron chi connectivity index (χ4n) is 5.10. The zero-order valence-electron chi connectivity index (χ0n) is 20.6. The van der Waals surface area contributed by atoms with Gasteiger partial charge in [-0.3, -0.25) is 23.9 Å². The van der Waals surface area contributed by atoms with Gasteiger partial charge in [-0.2, -0.15) is 0 Å². The number of nitrogens with one attached hydrogen (secondary N) is 1. The normalized spacial score (nSPS) is 28.3. The summed E-state index contributed by atoms with van der Waals surface area (Å²) in [5.74, 6) is -3.31. The van der Waals surface area contributed by atoms with Crippen molar-refractivity contribution in [2.24, 2.45) is 11.8 Å². The zero-order chi connectivity index (χ0) is 28.0. The number of aliphatic hydroxyl groups excluding tert-OH is 2. The molecule has 204 valence electrons. The molecule has 5 rings (SSSR count). The van der Waals surface area contributed by atoms with Crippen molar-refractivity contribution in [1.29, 1.82) is 0 Å². The van der Waals surface area contributed by atoms with Gasteiger partial charge in [0, 0.05) is 35.2 Å². The number of hydrogen-bond donors (Lipinski definition) is 4. The smallest absolute Gasteiger partial charge is 0.335 e. The van der Waals surface area contributed by atoms with Crippen molar-refractivity contribution in [2.45, 2.75) is 31.5 Å². The number of imide groups is 1. The Kier molecular flexibility index (Phi) is 6.91. The summed E-state index contributed by atoms with van der Waals surface area (Å²) in [7, 11) is 0. The van der Waals surface area contributed by atoms with Crippen LogP contribution in [0.15, 0.2) is 69.4 Å². The summed E-state index contributed by atoms with van der Waals surface area (Å²) in [6.45, 7) is 1.03. The third-order valence-corrected chi connectivity index (χ3v) is 7.07. The second-order valence-corrected chi connectivity index (χ2v) is 9.46. The van der Waals surface area contributed by atoms with Crippen molar-refractivity contribution in [3.8, 4) is 0 Å². The largest absolute Gasteiger partial charge is 0.478 e. The Labute approximate surface area is 220 Å². The predicted octanol–water partition coefficient (Wildman–Crippen LogP) is -0.437. The van der Waals surface area contributed by atoms with Crippen LogP contribution in [0.4, 0.5) is 5.69 Å². The molecule has 1 aliphatic carbocycles. The van der Waals surface area contributed by atoms with Gasteiger partial charge in [0.1, 0.15) is 18.3 Å². The lowest BCUT2D eigenvalue weighted by Gasteiger charge is -2.26. The van der Waals surface area contributed by atoms with E-state index in [4.69, 9.17) is 14.6 Å². The van der Waals surface area contributed by atoms with Crippen LogP contribution < -0.4 is 16.1 Å². The first-order valence-corrected chi connectivity index (χ1v) is 12.1. The second kappa shape index (κ2) is 10.2. The molecule has 1 aromatic carbocycles. The van der Waals surface area contributed by atoms with Crippen LogP contribution in [-0.4, -0.2) is 74.2 Å². The van der Waals surface area contributed by atoms with Crippen molar-refractivity contribution in [1.82, 2.24) is 9.55 Å². The number of H-pyrrole nitrogens is 1. The van der Waals surface area contributed by atoms with Crippen LogP contribution in [0.3, 0.4) is 0 Å². The van der Waals surface area contributed by atoms with E-state index in [0.717, 1.165) is 15.5 Å². The van der Waals surface area contributed by atoms with Crippen molar-refractivity contribution in [3.05, 3.63) is 86.2 Å². The molecule has 1 fully saturated rings. The maximum absolute atomic E-state index is 13.5. The number of rotatable bonds is 7. The molecule has 6 atom stereocenters. The van der Waals surface area contributed by atoms with Gasteiger partial charge in [-0.05, 0) is 24.3 Å². The summed E-state index contributed by atoms with van der Waals surface area (Å²) < 4.78 is 12.6. The average molecular weight is 539 g/mol. The average Bonchev–Trinajstić information content (AvgIpc) is 3.36. The van der Waals surface area contributed by atoms with E-state index in [1.54, 1.807) is 19.1 Å². The first-order valence-electron chi connectivity index (χ1n) is 12.1. The first kappa shape index (κ1) is 26.4. The van der Waals surface area contributed by atoms with Crippen molar-refractivity contribution in [3.63, 3.8) is 0 Å². The quantitative estimate of drug-likeness (QED) is 0.265. The van der Waals surface area contributed by atoms with Crippen LogP contribution in [0, 0.1) is 11.8 Å². The van der Waals surface area contributed by atoms with Crippen LogP contribution in [0.2, 0.25) is 0 Å². The molecule has 0 spiro atoms. The van der Waals surface area contributed by atoms with Gasteiger partial charge in [0.2, 0.25) is 0 Å². The van der Waals surface area contributed by atoms with Crippen LogP contribution in [0.25, 0.3) is 0 Å². The highest BCUT2D eigenvalue weighted by Crippen LogP contribution is 2.40. The molecule has 3 heterocycles. The molecule has 0 bridgehead atoms. The van der Waals surface area contributed by atoms with E-state index >= 15 is 0 Å². The van der Waals surface area contributed by atoms with E-state index in [2.05, 4.69) is 4.98 Å². The molecule has 0 radical (unpaired) electrons. The number of carbonyl (C=O) groups is 3. The Morgan fingerprint density at radius 1 is 1.05 bits per heavy atom. The van der Waals surface area contributed by atoms with E-state index in [9.17, 15) is 34.2 Å². The monoisotopic (exact) mass is 539 g/mol. The number of hydrogen-bond acceptors (Lipinski definition) is 9. The summed E-state index contributed by atoms with van der Waals surface area (Å²) in [5.41, 5.74) is -0.709. The fourth-order valence-corrected chi connectivity index (χ4v) is 5.10. The standard InChI is InChI=1S/C26H25N3O10/c1-12-2-3-14(19-18(12)22(33)29(23(19)34)15-6-4-13(5-7-15)25(35)36)11-38-21-20(32)16(10-30)39-24(21)28-9-8-17(31)27-26(28)37/h2-9,12,14,16,20-21,24,30,32H,10-11H2,1H3,(H,35,36)(H,27,31,37)/t12?,14?,16-,20+,21?,24-/m1/s1. The highest BCUT2D eigenvalue weighted by Gasteiger charge is 2.48.